The van der Waals surface area contributed by atoms with E-state index < -0.39 is 0 Å². The summed E-state index contributed by atoms with van der Waals surface area (Å²) in [6, 6.07) is 0. The molecule has 0 radical (unpaired) electrons. The summed E-state index contributed by atoms with van der Waals surface area (Å²) >= 11 is 0. The maximum Gasteiger partial charge on any atom is 0.221 e. The molecular formula is C9H23NO2. The lowest BCUT2D eigenvalue weighted by atomic mass is 10.4. The lowest BCUT2D eigenvalue weighted by molar-refractivity contribution is -0.128. The molecule has 0 aromatic rings. The van der Waals surface area contributed by atoms with Crippen LogP contribution in [0.2, 0.25) is 0 Å². The topological polar surface area (TPSA) is 40.5 Å². The number of rotatable bonds is 1. The van der Waals surface area contributed by atoms with Gasteiger partial charge in [0.1, 0.15) is 0 Å². The number of hydrogen-bond acceptors (Lipinski definition) is 2. The number of amides is 1. The number of aliphatic hydroxyl groups excluding tert-OH is 1. The minimum atomic E-state index is 0.181. The summed E-state index contributed by atoms with van der Waals surface area (Å²) in [5, 5.41) is 7.57. The van der Waals surface area contributed by atoms with E-state index in [9.17, 15) is 4.79 Å². The van der Waals surface area contributed by atoms with Crippen molar-refractivity contribution in [2.75, 3.05) is 20.7 Å². The van der Waals surface area contributed by atoms with Crippen LogP contribution in [0.25, 0.3) is 0 Å². The SMILES string of the molecule is CC.CCC(=O)N(C)C.CCO. The molecule has 0 saturated carbocycles. The molecule has 0 bridgehead atoms. The molecule has 0 spiro atoms. The third-order valence-electron chi connectivity index (χ3n) is 0.801. The molecule has 3 nitrogen and oxygen atoms in total. The molecule has 0 heterocycles. The molecule has 0 aliphatic rings. The fourth-order valence-electron chi connectivity index (χ4n) is 0.316. The third kappa shape index (κ3) is 22.7. The zero-order chi connectivity index (χ0) is 10.6. The average Bonchev–Trinajstić information content (AvgIpc) is 2.08. The normalized spacial score (nSPS) is 6.92. The summed E-state index contributed by atoms with van der Waals surface area (Å²) in [7, 11) is 3.51. The number of carbonyl (C=O) groups excluding carboxylic acids is 1. The first-order valence-electron chi connectivity index (χ1n) is 4.41. The van der Waals surface area contributed by atoms with Gasteiger partial charge >= 0.3 is 0 Å². The van der Waals surface area contributed by atoms with Crippen LogP contribution in [-0.4, -0.2) is 36.6 Å². The Bertz CT molecular complexity index is 82.6. The van der Waals surface area contributed by atoms with Crippen molar-refractivity contribution in [3.05, 3.63) is 0 Å². The molecule has 0 aromatic heterocycles. The van der Waals surface area contributed by atoms with Gasteiger partial charge in [0.25, 0.3) is 0 Å². The Labute approximate surface area is 76.4 Å². The molecule has 0 rings (SSSR count). The van der Waals surface area contributed by atoms with E-state index in [1.807, 2.05) is 20.8 Å². The molecule has 0 saturated heterocycles. The van der Waals surface area contributed by atoms with Crippen molar-refractivity contribution in [1.29, 1.82) is 0 Å². The van der Waals surface area contributed by atoms with Crippen molar-refractivity contribution >= 4 is 5.91 Å². The summed E-state index contributed by atoms with van der Waals surface area (Å²) in [6.07, 6.45) is 0.604. The summed E-state index contributed by atoms with van der Waals surface area (Å²) in [4.78, 5) is 12.0. The Morgan fingerprint density at radius 3 is 1.50 bits per heavy atom. The number of aliphatic hydroxyl groups is 1. The van der Waals surface area contributed by atoms with Crippen molar-refractivity contribution in [3.8, 4) is 0 Å². The van der Waals surface area contributed by atoms with E-state index in [0.717, 1.165) is 0 Å². The van der Waals surface area contributed by atoms with Crippen LogP contribution in [0.1, 0.15) is 34.1 Å². The second kappa shape index (κ2) is 16.8. The van der Waals surface area contributed by atoms with Crippen LogP contribution in [0.5, 0.6) is 0 Å². The molecular weight excluding hydrogens is 154 g/mol. The fourth-order valence-corrected chi connectivity index (χ4v) is 0.316. The van der Waals surface area contributed by atoms with Crippen molar-refractivity contribution in [1.82, 2.24) is 4.90 Å². The van der Waals surface area contributed by atoms with E-state index >= 15 is 0 Å². The van der Waals surface area contributed by atoms with E-state index in [4.69, 9.17) is 5.11 Å². The van der Waals surface area contributed by atoms with Gasteiger partial charge < -0.3 is 10.0 Å². The monoisotopic (exact) mass is 177 g/mol. The predicted octanol–water partition coefficient (Wildman–Crippen LogP) is 1.51. The third-order valence-corrected chi connectivity index (χ3v) is 0.801. The molecule has 3 heteroatoms. The van der Waals surface area contributed by atoms with Gasteiger partial charge in [-0.3, -0.25) is 4.79 Å². The van der Waals surface area contributed by atoms with E-state index in [0.29, 0.717) is 6.42 Å². The van der Waals surface area contributed by atoms with E-state index in [1.54, 1.807) is 25.9 Å². The average molecular weight is 177 g/mol. The van der Waals surface area contributed by atoms with Gasteiger partial charge in [-0.15, -0.1) is 0 Å². The lowest BCUT2D eigenvalue weighted by Crippen LogP contribution is -2.19. The van der Waals surface area contributed by atoms with Crippen LogP contribution in [0.3, 0.4) is 0 Å². The van der Waals surface area contributed by atoms with Crippen LogP contribution in [0, 0.1) is 0 Å². The smallest absolute Gasteiger partial charge is 0.221 e. The molecule has 0 atom stereocenters. The van der Waals surface area contributed by atoms with Crippen LogP contribution in [0.15, 0.2) is 0 Å². The molecule has 0 aromatic carbocycles. The molecule has 76 valence electrons. The van der Waals surface area contributed by atoms with Gasteiger partial charge in [0.15, 0.2) is 0 Å². The highest BCUT2D eigenvalue weighted by molar-refractivity contribution is 5.75. The van der Waals surface area contributed by atoms with Gasteiger partial charge in [0.2, 0.25) is 5.91 Å². The van der Waals surface area contributed by atoms with Gasteiger partial charge in [0, 0.05) is 27.1 Å². The Hall–Kier alpha value is -0.570. The molecule has 12 heavy (non-hydrogen) atoms. The minimum Gasteiger partial charge on any atom is -0.397 e. The van der Waals surface area contributed by atoms with Gasteiger partial charge in [0.05, 0.1) is 0 Å². The van der Waals surface area contributed by atoms with Crippen LogP contribution in [0.4, 0.5) is 0 Å². The largest absolute Gasteiger partial charge is 0.397 e. The minimum absolute atomic E-state index is 0.181. The summed E-state index contributed by atoms with van der Waals surface area (Å²) < 4.78 is 0. The van der Waals surface area contributed by atoms with E-state index in [1.165, 1.54) is 0 Å². The predicted molar refractivity (Wildman–Crippen MR) is 53.1 cm³/mol. The molecule has 0 fully saturated rings. The maximum atomic E-state index is 10.4. The first kappa shape index (κ1) is 17.5. The van der Waals surface area contributed by atoms with Gasteiger partial charge in [-0.1, -0.05) is 20.8 Å². The number of nitrogens with zero attached hydrogens (tertiary/aromatic N) is 1. The molecule has 1 amide bonds. The second-order valence-corrected chi connectivity index (χ2v) is 1.96. The first-order valence-corrected chi connectivity index (χ1v) is 4.41. The lowest BCUT2D eigenvalue weighted by Gasteiger charge is -2.05. The standard InChI is InChI=1S/C5H11NO.C2H6O.C2H6/c1-4-5(7)6(2)3;1-2-3;1-2/h4H2,1-3H3;3H,2H2,1H3;1-2H3. The van der Waals surface area contributed by atoms with Crippen LogP contribution >= 0.6 is 0 Å². The molecule has 0 aliphatic heterocycles. The molecule has 0 aliphatic carbocycles. The van der Waals surface area contributed by atoms with Gasteiger partial charge in [-0.25, -0.2) is 0 Å². The first-order chi connectivity index (χ1) is 5.59. The number of carbonyl (C=O) groups is 1. The van der Waals surface area contributed by atoms with Crippen molar-refractivity contribution in [2.24, 2.45) is 0 Å². The Kier molecular flexibility index (Phi) is 24.5. The zero-order valence-corrected chi connectivity index (χ0v) is 9.22. The van der Waals surface area contributed by atoms with Crippen molar-refractivity contribution < 1.29 is 9.90 Å². The maximum absolute atomic E-state index is 10.4. The van der Waals surface area contributed by atoms with Crippen LogP contribution in [-0.2, 0) is 4.79 Å². The van der Waals surface area contributed by atoms with E-state index in [-0.39, 0.29) is 12.5 Å². The Balaban J connectivity index is -0.000000137. The second-order valence-electron chi connectivity index (χ2n) is 1.96. The number of hydrogen-bond donors (Lipinski definition) is 1. The van der Waals surface area contributed by atoms with Gasteiger partial charge in [-0.2, -0.15) is 0 Å². The van der Waals surface area contributed by atoms with E-state index in [2.05, 4.69) is 0 Å². The zero-order valence-electron chi connectivity index (χ0n) is 9.22. The summed E-state index contributed by atoms with van der Waals surface area (Å²) in [5.41, 5.74) is 0. The summed E-state index contributed by atoms with van der Waals surface area (Å²) in [5.74, 6) is 0.181. The van der Waals surface area contributed by atoms with Crippen molar-refractivity contribution in [2.45, 2.75) is 34.1 Å². The highest BCUT2D eigenvalue weighted by Crippen LogP contribution is 1.81. The highest BCUT2D eigenvalue weighted by Gasteiger charge is 1.95. The highest BCUT2D eigenvalue weighted by atomic mass is 16.2. The van der Waals surface area contributed by atoms with Crippen molar-refractivity contribution in [3.63, 3.8) is 0 Å². The quantitative estimate of drug-likeness (QED) is 0.659. The van der Waals surface area contributed by atoms with Crippen LogP contribution < -0.4 is 0 Å². The molecule has 1 N–H and O–H groups in total. The Morgan fingerprint density at radius 2 is 1.50 bits per heavy atom. The van der Waals surface area contributed by atoms with Gasteiger partial charge in [-0.05, 0) is 6.92 Å². The molecule has 0 unspecified atom stereocenters. The Morgan fingerprint density at radius 1 is 1.25 bits per heavy atom. The fraction of sp³-hybridized carbons (Fsp3) is 0.889. The summed E-state index contributed by atoms with van der Waals surface area (Å²) in [6.45, 7) is 7.78.